The van der Waals surface area contributed by atoms with E-state index in [1.54, 1.807) is 0 Å². The summed E-state index contributed by atoms with van der Waals surface area (Å²) in [5, 5.41) is 2.42. The number of hydrogen-bond acceptors (Lipinski definition) is 3. The molecule has 0 fully saturated rings. The fraction of sp³-hybridized carbons (Fsp3) is 0.375. The van der Waals surface area contributed by atoms with Crippen molar-refractivity contribution in [2.75, 3.05) is 11.9 Å². The van der Waals surface area contributed by atoms with Crippen LogP contribution >= 0.6 is 0 Å². The van der Waals surface area contributed by atoms with E-state index in [4.69, 9.17) is 4.74 Å². The number of unbranched alkanes of at least 4 members (excludes halogenated alkanes) is 1. The van der Waals surface area contributed by atoms with Crippen LogP contribution in [0.15, 0.2) is 24.3 Å². The topological polar surface area (TPSA) is 55.4 Å². The minimum absolute atomic E-state index is 0.0717. The number of alkyl halides is 3. The number of benzene rings is 1. The lowest BCUT2D eigenvalue weighted by atomic mass is 10.1. The second kappa shape index (κ2) is 8.36. The lowest BCUT2D eigenvalue weighted by molar-refractivity contribution is -0.138. The Morgan fingerprint density at radius 3 is 2.57 bits per heavy atom. The molecule has 0 bridgehead atoms. The van der Waals surface area contributed by atoms with Crippen LogP contribution in [0, 0.1) is 0 Å². The highest BCUT2D eigenvalue weighted by Gasteiger charge is 2.30. The Morgan fingerprint density at radius 1 is 1.30 bits per heavy atom. The molecule has 0 saturated carbocycles. The maximum absolute atomic E-state index is 12.8. The highest BCUT2D eigenvalue weighted by Crippen LogP contribution is 2.32. The molecule has 7 heteroatoms. The Kier molecular flexibility index (Phi) is 6.81. The molecule has 0 atom stereocenters. The Bertz CT molecular complexity index is 595. The molecule has 1 aromatic carbocycles. The lowest BCUT2D eigenvalue weighted by Gasteiger charge is -2.11. The summed E-state index contributed by atoms with van der Waals surface area (Å²) in [6.45, 7) is 3.43. The maximum atomic E-state index is 12.8. The molecule has 126 valence electrons. The molecule has 23 heavy (non-hydrogen) atoms. The second-order valence-electron chi connectivity index (χ2n) is 4.84. The minimum atomic E-state index is -4.51. The molecule has 0 aliphatic heterocycles. The third-order valence-electron chi connectivity index (χ3n) is 2.83. The smallest absolute Gasteiger partial charge is 0.416 e. The fourth-order valence-corrected chi connectivity index (χ4v) is 1.70. The van der Waals surface area contributed by atoms with Crippen molar-refractivity contribution >= 4 is 23.6 Å². The minimum Gasteiger partial charge on any atom is -0.463 e. The van der Waals surface area contributed by atoms with E-state index in [-0.39, 0.29) is 17.9 Å². The number of esters is 1. The number of halogens is 3. The Labute approximate surface area is 132 Å². The molecule has 0 spiro atoms. The number of anilines is 1. The van der Waals surface area contributed by atoms with Crippen molar-refractivity contribution in [1.29, 1.82) is 0 Å². The van der Waals surface area contributed by atoms with Crippen LogP contribution in [-0.4, -0.2) is 18.5 Å². The molecule has 0 heterocycles. The van der Waals surface area contributed by atoms with Gasteiger partial charge in [-0.3, -0.25) is 4.79 Å². The largest absolute Gasteiger partial charge is 0.463 e. The van der Waals surface area contributed by atoms with Crippen LogP contribution < -0.4 is 5.32 Å². The third kappa shape index (κ3) is 6.54. The summed E-state index contributed by atoms with van der Waals surface area (Å²) in [7, 11) is 0. The van der Waals surface area contributed by atoms with Crippen LogP contribution in [0.1, 0.15) is 37.8 Å². The van der Waals surface area contributed by atoms with Crippen molar-refractivity contribution in [2.24, 2.45) is 0 Å². The number of ether oxygens (including phenoxy) is 1. The number of amides is 1. The quantitative estimate of drug-likeness (QED) is 0.487. The summed E-state index contributed by atoms with van der Waals surface area (Å²) < 4.78 is 43.2. The van der Waals surface area contributed by atoms with Gasteiger partial charge in [0.25, 0.3) is 0 Å². The summed E-state index contributed by atoms with van der Waals surface area (Å²) in [4.78, 5) is 22.6. The zero-order chi connectivity index (χ0) is 17.5. The molecule has 1 N–H and O–H groups in total. The molecule has 1 aromatic rings. The molecular formula is C16H18F3NO3. The van der Waals surface area contributed by atoms with Gasteiger partial charge >= 0.3 is 12.1 Å². The first-order chi connectivity index (χ1) is 10.7. The zero-order valence-corrected chi connectivity index (χ0v) is 12.9. The Hall–Kier alpha value is -2.31. The van der Waals surface area contributed by atoms with E-state index in [2.05, 4.69) is 5.32 Å². The van der Waals surface area contributed by atoms with Gasteiger partial charge in [0.2, 0.25) is 5.91 Å². The molecule has 0 saturated heterocycles. The molecule has 0 aromatic heterocycles. The SMILES string of the molecule is CCCCOC(=O)/C=C/c1cc(C(F)(F)F)ccc1NC(C)=O. The molecule has 0 aliphatic carbocycles. The molecular weight excluding hydrogens is 311 g/mol. The van der Waals surface area contributed by atoms with E-state index in [1.807, 2.05) is 6.92 Å². The first-order valence-electron chi connectivity index (χ1n) is 7.07. The zero-order valence-electron chi connectivity index (χ0n) is 12.9. The molecule has 1 rings (SSSR count). The van der Waals surface area contributed by atoms with Crippen LogP contribution in [0.5, 0.6) is 0 Å². The second-order valence-corrected chi connectivity index (χ2v) is 4.84. The standard InChI is InChI=1S/C16H18F3NO3/c1-3-4-9-23-15(22)8-5-12-10-13(16(17,18)19)6-7-14(12)20-11(2)21/h5-8,10H,3-4,9H2,1-2H3,(H,20,21)/b8-5+. The Morgan fingerprint density at radius 2 is 2.00 bits per heavy atom. The summed E-state index contributed by atoms with van der Waals surface area (Å²) in [5.41, 5.74) is -0.615. The van der Waals surface area contributed by atoms with Gasteiger partial charge in [-0.05, 0) is 36.3 Å². The number of nitrogens with one attached hydrogen (secondary N) is 1. The van der Waals surface area contributed by atoms with Gasteiger partial charge in [0.05, 0.1) is 12.2 Å². The van der Waals surface area contributed by atoms with Gasteiger partial charge in [-0.25, -0.2) is 4.79 Å². The summed E-state index contributed by atoms with van der Waals surface area (Å²) in [6.07, 6.45) is -0.720. The van der Waals surface area contributed by atoms with E-state index < -0.39 is 23.6 Å². The molecule has 0 aliphatic rings. The lowest BCUT2D eigenvalue weighted by Crippen LogP contribution is -2.10. The normalized spacial score (nSPS) is 11.5. The summed E-state index contributed by atoms with van der Waals surface area (Å²) >= 11 is 0. The monoisotopic (exact) mass is 329 g/mol. The van der Waals surface area contributed by atoms with Gasteiger partial charge in [-0.15, -0.1) is 0 Å². The summed E-state index contributed by atoms with van der Waals surface area (Å²) in [5.74, 6) is -1.07. The van der Waals surface area contributed by atoms with Gasteiger partial charge < -0.3 is 10.1 Å². The van der Waals surface area contributed by atoms with E-state index in [9.17, 15) is 22.8 Å². The van der Waals surface area contributed by atoms with Crippen LogP contribution in [0.4, 0.5) is 18.9 Å². The fourth-order valence-electron chi connectivity index (χ4n) is 1.70. The average molecular weight is 329 g/mol. The number of carbonyl (C=O) groups is 2. The van der Waals surface area contributed by atoms with E-state index in [1.165, 1.54) is 13.0 Å². The van der Waals surface area contributed by atoms with Crippen LogP contribution in [0.25, 0.3) is 6.08 Å². The average Bonchev–Trinajstić information content (AvgIpc) is 2.44. The third-order valence-corrected chi connectivity index (χ3v) is 2.83. The van der Waals surface area contributed by atoms with E-state index in [0.29, 0.717) is 6.42 Å². The van der Waals surface area contributed by atoms with Crippen molar-refractivity contribution < 1.29 is 27.5 Å². The first kappa shape index (κ1) is 18.7. The summed E-state index contributed by atoms with van der Waals surface area (Å²) in [6, 6.07) is 2.87. The van der Waals surface area contributed by atoms with Crippen LogP contribution in [-0.2, 0) is 20.5 Å². The van der Waals surface area contributed by atoms with Crippen molar-refractivity contribution in [3.05, 3.63) is 35.4 Å². The van der Waals surface area contributed by atoms with Gasteiger partial charge in [-0.2, -0.15) is 13.2 Å². The van der Waals surface area contributed by atoms with E-state index >= 15 is 0 Å². The highest BCUT2D eigenvalue weighted by atomic mass is 19.4. The number of rotatable bonds is 6. The van der Waals surface area contributed by atoms with Gasteiger partial charge in [0.1, 0.15) is 0 Å². The molecule has 1 amide bonds. The maximum Gasteiger partial charge on any atom is 0.416 e. The molecule has 0 unspecified atom stereocenters. The number of carbonyl (C=O) groups excluding carboxylic acids is 2. The van der Waals surface area contributed by atoms with Crippen LogP contribution in [0.3, 0.4) is 0 Å². The van der Waals surface area contributed by atoms with Crippen molar-refractivity contribution in [2.45, 2.75) is 32.9 Å². The van der Waals surface area contributed by atoms with E-state index in [0.717, 1.165) is 30.7 Å². The van der Waals surface area contributed by atoms with Gasteiger partial charge in [-0.1, -0.05) is 13.3 Å². The van der Waals surface area contributed by atoms with Crippen molar-refractivity contribution in [1.82, 2.24) is 0 Å². The Balaban J connectivity index is 3.00. The van der Waals surface area contributed by atoms with Gasteiger partial charge in [0, 0.05) is 18.7 Å². The highest BCUT2D eigenvalue weighted by molar-refractivity contribution is 5.93. The number of hydrogen-bond donors (Lipinski definition) is 1. The van der Waals surface area contributed by atoms with Crippen LogP contribution in [0.2, 0.25) is 0 Å². The van der Waals surface area contributed by atoms with Crippen molar-refractivity contribution in [3.63, 3.8) is 0 Å². The van der Waals surface area contributed by atoms with Gasteiger partial charge in [0.15, 0.2) is 0 Å². The first-order valence-corrected chi connectivity index (χ1v) is 7.07. The predicted molar refractivity (Wildman–Crippen MR) is 80.6 cm³/mol. The predicted octanol–water partition coefficient (Wildman–Crippen LogP) is 4.02. The molecule has 0 radical (unpaired) electrons. The van der Waals surface area contributed by atoms with Crippen molar-refractivity contribution in [3.8, 4) is 0 Å². The molecule has 4 nitrogen and oxygen atoms in total.